The first kappa shape index (κ1) is 19.8. The van der Waals surface area contributed by atoms with Crippen LogP contribution >= 0.6 is 0 Å². The van der Waals surface area contributed by atoms with Crippen LogP contribution in [0.15, 0.2) is 55.0 Å². The zero-order chi connectivity index (χ0) is 21.1. The Balaban J connectivity index is 1.34. The lowest BCUT2D eigenvalue weighted by Crippen LogP contribution is -2.34. The first-order valence-electron chi connectivity index (χ1n) is 10.1. The molecule has 1 N–H and O–H groups in total. The summed E-state index contributed by atoms with van der Waals surface area (Å²) in [5, 5.41) is 2.97. The number of aromatic nitrogens is 3. The minimum Gasteiger partial charge on any atom is -0.354 e. The Bertz CT molecular complexity index is 1060. The summed E-state index contributed by atoms with van der Waals surface area (Å²) in [4.78, 5) is 35.5. The smallest absolute Gasteiger partial charge is 0.227 e. The van der Waals surface area contributed by atoms with E-state index in [1.54, 1.807) is 17.3 Å². The predicted molar refractivity (Wildman–Crippen MR) is 115 cm³/mol. The highest BCUT2D eigenvalue weighted by Crippen LogP contribution is 2.27. The molecule has 0 spiro atoms. The number of hydrogen-bond acceptors (Lipinski definition) is 4. The van der Waals surface area contributed by atoms with Crippen molar-refractivity contribution in [2.45, 2.75) is 26.8 Å². The van der Waals surface area contributed by atoms with E-state index < -0.39 is 0 Å². The lowest BCUT2D eigenvalue weighted by Gasteiger charge is -2.18. The van der Waals surface area contributed by atoms with Crippen molar-refractivity contribution in [2.75, 3.05) is 18.0 Å². The van der Waals surface area contributed by atoms with Crippen LogP contribution in [0.3, 0.4) is 0 Å². The van der Waals surface area contributed by atoms with E-state index in [-0.39, 0.29) is 24.2 Å². The summed E-state index contributed by atoms with van der Waals surface area (Å²) in [7, 11) is 0. The summed E-state index contributed by atoms with van der Waals surface area (Å²) >= 11 is 0. The highest BCUT2D eigenvalue weighted by molar-refractivity contribution is 6.00. The molecule has 7 heteroatoms. The maximum Gasteiger partial charge on any atom is 0.227 e. The fourth-order valence-electron chi connectivity index (χ4n) is 3.69. The van der Waals surface area contributed by atoms with Crippen molar-refractivity contribution in [1.82, 2.24) is 19.9 Å². The summed E-state index contributed by atoms with van der Waals surface area (Å²) in [6.45, 7) is 5.53. The van der Waals surface area contributed by atoms with Gasteiger partial charge >= 0.3 is 0 Å². The lowest BCUT2D eigenvalue weighted by atomic mass is 10.1. The fourth-order valence-corrected chi connectivity index (χ4v) is 3.69. The molecule has 3 aromatic rings. The minimum atomic E-state index is -0.336. The van der Waals surface area contributed by atoms with Gasteiger partial charge < -0.3 is 14.8 Å². The van der Waals surface area contributed by atoms with Crippen LogP contribution in [0.5, 0.6) is 0 Å². The fraction of sp³-hybridized carbons (Fsp3) is 0.304. The van der Waals surface area contributed by atoms with Crippen LogP contribution in [0.2, 0.25) is 0 Å². The SMILES string of the molecule is Cc1ccc(N2CC(C(=O)NCCn3ccnc3-c3ccccn3)CC2=O)cc1C. The van der Waals surface area contributed by atoms with Gasteiger partial charge in [-0.15, -0.1) is 0 Å². The van der Waals surface area contributed by atoms with Gasteiger partial charge in [-0.25, -0.2) is 4.98 Å². The molecule has 1 aromatic carbocycles. The molecule has 3 heterocycles. The van der Waals surface area contributed by atoms with E-state index in [0.29, 0.717) is 19.6 Å². The molecular formula is C23H25N5O2. The molecule has 30 heavy (non-hydrogen) atoms. The molecule has 2 amide bonds. The molecule has 1 atom stereocenters. The number of imidazole rings is 1. The Kier molecular flexibility index (Phi) is 5.61. The quantitative estimate of drug-likeness (QED) is 0.686. The molecule has 0 bridgehead atoms. The van der Waals surface area contributed by atoms with Gasteiger partial charge in [0, 0.05) is 50.3 Å². The molecule has 154 valence electrons. The number of rotatable bonds is 6. The van der Waals surface area contributed by atoms with E-state index in [9.17, 15) is 9.59 Å². The van der Waals surface area contributed by atoms with Gasteiger partial charge in [-0.3, -0.25) is 14.6 Å². The number of carbonyl (C=O) groups excluding carboxylic acids is 2. The molecule has 0 radical (unpaired) electrons. The molecule has 1 aliphatic rings. The molecular weight excluding hydrogens is 378 g/mol. The molecule has 7 nitrogen and oxygen atoms in total. The minimum absolute atomic E-state index is 0.00884. The van der Waals surface area contributed by atoms with E-state index in [2.05, 4.69) is 15.3 Å². The third-order valence-electron chi connectivity index (χ3n) is 5.56. The Morgan fingerprint density at radius 2 is 2.00 bits per heavy atom. The molecule has 0 saturated carbocycles. The number of aryl methyl sites for hydroxylation is 2. The number of anilines is 1. The van der Waals surface area contributed by atoms with Crippen molar-refractivity contribution in [2.24, 2.45) is 5.92 Å². The molecule has 1 saturated heterocycles. The second-order valence-electron chi connectivity index (χ2n) is 7.62. The van der Waals surface area contributed by atoms with Crippen LogP contribution in [-0.2, 0) is 16.1 Å². The predicted octanol–water partition coefficient (Wildman–Crippen LogP) is 2.73. The third-order valence-corrected chi connectivity index (χ3v) is 5.56. The van der Waals surface area contributed by atoms with Gasteiger partial charge in [0.2, 0.25) is 11.8 Å². The Labute approximate surface area is 175 Å². The summed E-state index contributed by atoms with van der Waals surface area (Å²) in [6.07, 6.45) is 5.57. The van der Waals surface area contributed by atoms with E-state index >= 15 is 0 Å². The van der Waals surface area contributed by atoms with Crippen LogP contribution in [-0.4, -0.2) is 39.4 Å². The number of benzene rings is 1. The highest BCUT2D eigenvalue weighted by atomic mass is 16.2. The van der Waals surface area contributed by atoms with Crippen LogP contribution in [0.1, 0.15) is 17.5 Å². The first-order valence-corrected chi connectivity index (χ1v) is 10.1. The summed E-state index contributed by atoms with van der Waals surface area (Å²) in [5.74, 6) is 0.332. The van der Waals surface area contributed by atoms with Gasteiger partial charge in [0.15, 0.2) is 5.82 Å². The van der Waals surface area contributed by atoms with Crippen molar-refractivity contribution in [1.29, 1.82) is 0 Å². The molecule has 2 aromatic heterocycles. The van der Waals surface area contributed by atoms with Gasteiger partial charge in [0.25, 0.3) is 0 Å². The first-order chi connectivity index (χ1) is 14.5. The van der Waals surface area contributed by atoms with Gasteiger partial charge in [-0.1, -0.05) is 12.1 Å². The topological polar surface area (TPSA) is 80.1 Å². The monoisotopic (exact) mass is 403 g/mol. The second kappa shape index (κ2) is 8.49. The number of nitrogens with zero attached hydrogens (tertiary/aromatic N) is 4. The van der Waals surface area contributed by atoms with Crippen LogP contribution in [0, 0.1) is 19.8 Å². The summed E-state index contributed by atoms with van der Waals surface area (Å²) in [5.41, 5.74) is 3.97. The number of nitrogens with one attached hydrogen (secondary N) is 1. The molecule has 1 aliphatic heterocycles. The van der Waals surface area contributed by atoms with E-state index in [4.69, 9.17) is 0 Å². The summed E-state index contributed by atoms with van der Waals surface area (Å²) < 4.78 is 1.96. The zero-order valence-corrected chi connectivity index (χ0v) is 17.2. The lowest BCUT2D eigenvalue weighted by molar-refractivity contribution is -0.126. The number of carbonyl (C=O) groups is 2. The normalized spacial score (nSPS) is 16.1. The third kappa shape index (κ3) is 4.10. The Hall–Kier alpha value is -3.48. The Morgan fingerprint density at radius 3 is 2.77 bits per heavy atom. The van der Waals surface area contributed by atoms with Gasteiger partial charge in [0.1, 0.15) is 5.69 Å². The molecule has 4 rings (SSSR count). The maximum atomic E-state index is 12.6. The zero-order valence-electron chi connectivity index (χ0n) is 17.2. The van der Waals surface area contributed by atoms with Crippen LogP contribution in [0.25, 0.3) is 11.5 Å². The molecule has 1 unspecified atom stereocenters. The van der Waals surface area contributed by atoms with E-state index in [1.807, 2.05) is 61.0 Å². The van der Waals surface area contributed by atoms with Crippen molar-refractivity contribution in [3.8, 4) is 11.5 Å². The van der Waals surface area contributed by atoms with Crippen molar-refractivity contribution in [3.05, 3.63) is 66.1 Å². The maximum absolute atomic E-state index is 12.6. The molecule has 0 aliphatic carbocycles. The average molecular weight is 403 g/mol. The van der Waals surface area contributed by atoms with Gasteiger partial charge in [-0.05, 0) is 49.2 Å². The second-order valence-corrected chi connectivity index (χ2v) is 7.62. The van der Waals surface area contributed by atoms with E-state index in [1.165, 1.54) is 5.56 Å². The van der Waals surface area contributed by atoms with Crippen LogP contribution < -0.4 is 10.2 Å². The van der Waals surface area contributed by atoms with Gasteiger partial charge in [0.05, 0.1) is 5.92 Å². The number of pyridine rings is 1. The largest absolute Gasteiger partial charge is 0.354 e. The van der Waals surface area contributed by atoms with E-state index in [0.717, 1.165) is 22.8 Å². The number of hydrogen-bond donors (Lipinski definition) is 1. The average Bonchev–Trinajstić information content (AvgIpc) is 3.37. The van der Waals surface area contributed by atoms with Crippen molar-refractivity contribution < 1.29 is 9.59 Å². The molecule has 1 fully saturated rings. The van der Waals surface area contributed by atoms with Crippen LogP contribution in [0.4, 0.5) is 5.69 Å². The number of amides is 2. The summed E-state index contributed by atoms with van der Waals surface area (Å²) in [6, 6.07) is 11.6. The highest BCUT2D eigenvalue weighted by Gasteiger charge is 2.35. The Morgan fingerprint density at radius 1 is 1.13 bits per heavy atom. The standard InChI is InChI=1S/C23H25N5O2/c1-16-6-7-19(13-17(16)2)28-15-18(14-21(28)29)23(30)26-10-12-27-11-9-25-22(27)20-5-3-4-8-24-20/h3-9,11,13,18H,10,12,14-15H2,1-2H3,(H,26,30). The van der Waals surface area contributed by atoms with Gasteiger partial charge in [-0.2, -0.15) is 0 Å². The van der Waals surface area contributed by atoms with Crippen molar-refractivity contribution in [3.63, 3.8) is 0 Å². The van der Waals surface area contributed by atoms with Crippen molar-refractivity contribution >= 4 is 17.5 Å².